The lowest BCUT2D eigenvalue weighted by molar-refractivity contribution is 0.542. The van der Waals surface area contributed by atoms with E-state index in [2.05, 4.69) is 77.9 Å². The molecule has 0 aliphatic carbocycles. The highest BCUT2D eigenvalue weighted by Gasteiger charge is 2.19. The van der Waals surface area contributed by atoms with Gasteiger partial charge in [0.1, 0.15) is 28.2 Å². The van der Waals surface area contributed by atoms with E-state index in [1.54, 1.807) is 56.3 Å². The average Bonchev–Trinajstić information content (AvgIpc) is 0.837. The van der Waals surface area contributed by atoms with Gasteiger partial charge in [-0.3, -0.25) is 37.2 Å². The number of hydrogen-bond donors (Lipinski definition) is 1. The fourth-order valence-electron chi connectivity index (χ4n) is 12.6. The summed E-state index contributed by atoms with van der Waals surface area (Å²) in [6.45, 7) is 4.63. The number of aryl methyl sites for hydroxylation is 2. The predicted molar refractivity (Wildman–Crippen MR) is 401 cm³/mol. The van der Waals surface area contributed by atoms with Gasteiger partial charge < -0.3 is 19.0 Å². The van der Waals surface area contributed by atoms with Crippen molar-refractivity contribution in [1.29, 1.82) is 0 Å². The molecule has 0 amide bonds. The Labute approximate surface area is 569 Å². The molecule has 100 heavy (non-hydrogen) atoms. The van der Waals surface area contributed by atoms with Crippen LogP contribution < -0.4 is 33.1 Å². The number of pyridine rings is 5. The smallest absolute Gasteiger partial charge is 0.273 e. The van der Waals surface area contributed by atoms with Crippen LogP contribution in [0.15, 0.2) is 328 Å². The number of nitrogens with one attached hydrogen (secondary N) is 1. The average molecular weight is 1310 g/mol. The van der Waals surface area contributed by atoms with Crippen LogP contribution in [0.25, 0.3) is 116 Å². The topological polar surface area (TPSA) is 187 Å². The van der Waals surface area contributed by atoms with Crippen molar-refractivity contribution in [2.24, 2.45) is 0 Å². The molecule has 0 spiro atoms. The summed E-state index contributed by atoms with van der Waals surface area (Å²) in [7, 11) is 0. The second kappa shape index (κ2) is 27.1. The van der Waals surface area contributed by atoms with E-state index in [0.717, 1.165) is 94.3 Å². The fraction of sp³-hybridized carbons (Fsp3) is 0.0361. The van der Waals surface area contributed by atoms with Gasteiger partial charge in [-0.1, -0.05) is 188 Å². The number of nitrogens with zero attached hydrogens (tertiary/aromatic N) is 11. The summed E-state index contributed by atoms with van der Waals surface area (Å²) in [5.41, 5.74) is 10.9. The summed E-state index contributed by atoms with van der Waals surface area (Å²) in [4.78, 5) is 83.4. The zero-order chi connectivity index (χ0) is 68.2. The normalized spacial score (nSPS) is 11.9. The molecule has 20 rings (SSSR count). The van der Waals surface area contributed by atoms with Gasteiger partial charge in [0.2, 0.25) is 0 Å². The maximum atomic E-state index is 12.7. The maximum absolute atomic E-state index is 12.7. The number of para-hydroxylation sites is 1. The minimum Gasteiger partial charge on any atom is -0.372 e. The largest absolute Gasteiger partial charge is 0.372 e. The molecule has 17 heteroatoms. The van der Waals surface area contributed by atoms with Gasteiger partial charge in [-0.05, 0) is 100 Å². The fourth-order valence-corrected chi connectivity index (χ4v) is 12.6. The van der Waals surface area contributed by atoms with E-state index in [1.165, 1.54) is 22.9 Å². The van der Waals surface area contributed by atoms with Crippen LogP contribution in [-0.4, -0.2) is 58.5 Å². The quantitative estimate of drug-likeness (QED) is 0.121. The predicted octanol–water partition coefficient (Wildman–Crippen LogP) is 14.5. The first-order valence-electron chi connectivity index (χ1n) is 32.3. The van der Waals surface area contributed by atoms with Crippen LogP contribution in [-0.2, 0) is 0 Å². The summed E-state index contributed by atoms with van der Waals surface area (Å²) >= 11 is 0. The van der Waals surface area contributed by atoms with E-state index in [4.69, 9.17) is 0 Å². The summed E-state index contributed by atoms with van der Waals surface area (Å²) in [5, 5.41) is 14.3. The molecular formula is C83H60N12O5. The molecule has 0 fully saturated rings. The van der Waals surface area contributed by atoms with Crippen molar-refractivity contribution in [3.05, 3.63) is 379 Å². The molecule has 8 aromatic carbocycles. The third-order valence-corrected chi connectivity index (χ3v) is 17.5. The van der Waals surface area contributed by atoms with Crippen molar-refractivity contribution in [2.75, 3.05) is 6.67 Å². The van der Waals surface area contributed by atoms with E-state index in [9.17, 15) is 24.0 Å². The van der Waals surface area contributed by atoms with Crippen molar-refractivity contribution in [3.8, 4) is 11.1 Å². The van der Waals surface area contributed by atoms with Crippen molar-refractivity contribution in [2.45, 2.75) is 13.8 Å². The van der Waals surface area contributed by atoms with Gasteiger partial charge in [-0.2, -0.15) is 9.97 Å². The highest BCUT2D eigenvalue weighted by molar-refractivity contribution is 5.98. The lowest BCUT2D eigenvalue weighted by Crippen LogP contribution is -2.19. The molecule has 0 bridgehead atoms. The Hall–Kier alpha value is -13.8. The lowest BCUT2D eigenvalue weighted by Gasteiger charge is -2.22. The molecular weight excluding hydrogens is 1240 g/mol. The Bertz CT molecular complexity index is 6580. The maximum Gasteiger partial charge on any atom is 0.273 e. The third kappa shape index (κ3) is 12.4. The standard InChI is InChI=1S/C18H12N2O.C16H10N2O.2C13H10N2O.C12H8N2O.C11H10N2/c21-18-16(13-6-2-1-3-7-13)12-19-17-15-9-5-4-8-14(15)10-11-20(17)18;19-16-13-7-3-4-8-14(13)17-15-12-6-2-1-5-11(12)9-10-18(15)16;1-9-8-12(16)14-13-11-5-3-2-4-10(11)6-7-15(9)13;1-9-8-12(16)15-7-6-10-4-2-3-5-11(10)13(15)14-9;15-11-6-8-14-7-5-9-3-1-2-4-10(9)12(14)13-11;1-2-4-10-9(3-1)5-6-13-8-12-7-11(10)13/h1-12H;1-10H;2*2-8H,1H3;1-8H;1-7,12H,8H2. The van der Waals surface area contributed by atoms with Crippen molar-refractivity contribution in [1.82, 2.24) is 57.1 Å². The second-order valence-electron chi connectivity index (χ2n) is 23.8. The highest BCUT2D eigenvalue weighted by Crippen LogP contribution is 2.30. The number of fused-ring (bicyclic) bond motifs is 19. The Balaban J connectivity index is 0.0000000981. The molecule has 10 aromatic heterocycles. The van der Waals surface area contributed by atoms with Gasteiger partial charge in [0.05, 0.1) is 28.8 Å². The molecule has 0 unspecified atom stereocenters. The monoisotopic (exact) mass is 1300 g/mol. The molecule has 0 atom stereocenters. The first-order valence-corrected chi connectivity index (χ1v) is 32.3. The van der Waals surface area contributed by atoms with Gasteiger partial charge in [-0.15, -0.1) is 0 Å². The molecule has 2 aliphatic heterocycles. The van der Waals surface area contributed by atoms with Crippen LogP contribution in [0.2, 0.25) is 0 Å². The summed E-state index contributed by atoms with van der Waals surface area (Å²) < 4.78 is 8.60. The van der Waals surface area contributed by atoms with Crippen LogP contribution in [0.4, 0.5) is 0 Å². The van der Waals surface area contributed by atoms with Crippen LogP contribution in [0.3, 0.4) is 0 Å². The first kappa shape index (κ1) is 62.3. The van der Waals surface area contributed by atoms with E-state index >= 15 is 0 Å². The Kier molecular flexibility index (Phi) is 16.9. The molecule has 12 heterocycles. The number of benzene rings is 8. The lowest BCUT2D eigenvalue weighted by atomic mass is 10.0. The Morgan fingerprint density at radius 2 is 0.860 bits per heavy atom. The SMILES string of the molecule is C1=CN2CNC=C2c2ccccc21.Cc1cc(=O)n2ccc3ccccc3c2n1.Cc1cc(=O)nc2c3ccccc3ccn12.O=c1c(-c2ccccc2)cnc2c3ccccc3ccn12.O=c1c2ccccc2nc2c3ccccc3ccn12.O=c1ccn2ccc3ccccc3c2n1. The molecule has 0 saturated carbocycles. The molecule has 482 valence electrons. The van der Waals surface area contributed by atoms with Crippen molar-refractivity contribution >= 4 is 105 Å². The van der Waals surface area contributed by atoms with Crippen molar-refractivity contribution < 1.29 is 0 Å². The highest BCUT2D eigenvalue weighted by atomic mass is 16.1. The van der Waals surface area contributed by atoms with Gasteiger partial charge in [-0.25, -0.2) is 15.0 Å². The second-order valence-corrected chi connectivity index (χ2v) is 23.8. The third-order valence-electron chi connectivity index (χ3n) is 17.5. The van der Waals surface area contributed by atoms with Crippen LogP contribution in [0.5, 0.6) is 0 Å². The van der Waals surface area contributed by atoms with Crippen molar-refractivity contribution in [3.63, 3.8) is 0 Å². The first-order chi connectivity index (χ1) is 49.0. The minimum absolute atomic E-state index is 0.0219. The Morgan fingerprint density at radius 1 is 0.380 bits per heavy atom. The molecule has 18 aromatic rings. The number of aromatic nitrogens is 10. The zero-order valence-corrected chi connectivity index (χ0v) is 54.1. The summed E-state index contributed by atoms with van der Waals surface area (Å²) in [5.74, 6) is 0. The van der Waals surface area contributed by atoms with Gasteiger partial charge in [0, 0.05) is 118 Å². The van der Waals surface area contributed by atoms with E-state index < -0.39 is 0 Å². The number of rotatable bonds is 1. The zero-order valence-electron chi connectivity index (χ0n) is 54.1. The summed E-state index contributed by atoms with van der Waals surface area (Å²) in [6.07, 6.45) is 18.9. The van der Waals surface area contributed by atoms with Crippen LogP contribution >= 0.6 is 0 Å². The van der Waals surface area contributed by atoms with Gasteiger partial charge >= 0.3 is 0 Å². The van der Waals surface area contributed by atoms with E-state index in [0.29, 0.717) is 27.9 Å². The summed E-state index contributed by atoms with van der Waals surface area (Å²) in [6, 6.07) is 79.6. The Morgan fingerprint density at radius 3 is 1.50 bits per heavy atom. The molecule has 0 radical (unpaired) electrons. The molecule has 2 aliphatic rings. The van der Waals surface area contributed by atoms with E-state index in [1.807, 2.05) is 241 Å². The van der Waals surface area contributed by atoms with E-state index in [-0.39, 0.29) is 27.8 Å². The van der Waals surface area contributed by atoms with Gasteiger partial charge in [0.15, 0.2) is 0 Å². The van der Waals surface area contributed by atoms with Crippen LogP contribution in [0, 0.1) is 13.8 Å². The molecule has 17 nitrogen and oxygen atoms in total. The minimum atomic E-state index is -0.202. The van der Waals surface area contributed by atoms with Crippen LogP contribution in [0.1, 0.15) is 22.5 Å². The molecule has 1 N–H and O–H groups in total. The molecule has 0 saturated heterocycles. The number of hydrogen-bond acceptors (Lipinski definition) is 12. The van der Waals surface area contributed by atoms with Gasteiger partial charge in [0.25, 0.3) is 27.8 Å².